The van der Waals surface area contributed by atoms with Gasteiger partial charge in [0.2, 0.25) is 5.91 Å². The molecule has 1 aromatic carbocycles. The first-order valence-corrected chi connectivity index (χ1v) is 5.59. The molecular weight excluding hydrogens is 232 g/mol. The molecule has 0 bridgehead atoms. The third-order valence-corrected chi connectivity index (χ3v) is 2.89. The van der Waals surface area contributed by atoms with Crippen LogP contribution in [-0.2, 0) is 11.2 Å². The zero-order valence-corrected chi connectivity index (χ0v) is 9.96. The van der Waals surface area contributed by atoms with Gasteiger partial charge >= 0.3 is 5.97 Å². The summed E-state index contributed by atoms with van der Waals surface area (Å²) in [7, 11) is 0. The van der Waals surface area contributed by atoms with Gasteiger partial charge in [-0.05, 0) is 11.6 Å². The van der Waals surface area contributed by atoms with E-state index < -0.39 is 12.0 Å². The van der Waals surface area contributed by atoms with Gasteiger partial charge in [-0.15, -0.1) is 0 Å². The maximum atomic E-state index is 11.5. The fourth-order valence-electron chi connectivity index (χ4n) is 2.00. The van der Waals surface area contributed by atoms with E-state index in [1.165, 1.54) is 11.5 Å². The van der Waals surface area contributed by atoms with Crippen molar-refractivity contribution in [3.8, 4) is 0 Å². The molecule has 5 nitrogen and oxygen atoms in total. The van der Waals surface area contributed by atoms with Crippen LogP contribution in [0.1, 0.15) is 17.3 Å². The highest BCUT2D eigenvalue weighted by molar-refractivity contribution is 5.94. The summed E-state index contributed by atoms with van der Waals surface area (Å²) < 4.78 is 1.51. The molecule has 0 saturated heterocycles. The first kappa shape index (κ1) is 12.3. The summed E-state index contributed by atoms with van der Waals surface area (Å²) in [4.78, 5) is 22.3. The molecule has 2 rings (SSSR count). The van der Waals surface area contributed by atoms with Crippen LogP contribution in [0.25, 0.3) is 10.9 Å². The fourth-order valence-corrected chi connectivity index (χ4v) is 2.00. The van der Waals surface area contributed by atoms with E-state index in [0.29, 0.717) is 0 Å². The number of carbonyl (C=O) groups is 2. The molecule has 94 valence electrons. The molecule has 0 unspecified atom stereocenters. The number of hydrogen-bond donors (Lipinski definition) is 2. The highest BCUT2D eigenvalue weighted by Crippen LogP contribution is 2.22. The van der Waals surface area contributed by atoms with Crippen molar-refractivity contribution in [2.45, 2.75) is 19.4 Å². The summed E-state index contributed by atoms with van der Waals surface area (Å²) in [5.41, 5.74) is 7.08. The largest absolute Gasteiger partial charge is 0.480 e. The molecule has 0 fully saturated rings. The molecular formula is C13H14N2O3. The lowest BCUT2D eigenvalue weighted by molar-refractivity contribution is -0.138. The molecule has 2 aromatic rings. The lowest BCUT2D eigenvalue weighted by Crippen LogP contribution is -2.32. The van der Waals surface area contributed by atoms with Crippen molar-refractivity contribution in [1.29, 1.82) is 0 Å². The molecule has 0 amide bonds. The zero-order valence-electron chi connectivity index (χ0n) is 9.96. The molecule has 0 aliphatic rings. The summed E-state index contributed by atoms with van der Waals surface area (Å²) in [6.45, 7) is 1.47. The molecule has 0 saturated carbocycles. The van der Waals surface area contributed by atoms with Crippen LogP contribution in [0.3, 0.4) is 0 Å². The van der Waals surface area contributed by atoms with Gasteiger partial charge in [0.1, 0.15) is 6.04 Å². The number of carbonyl (C=O) groups excluding carboxylic acids is 1. The Labute approximate surface area is 104 Å². The number of hydrogen-bond acceptors (Lipinski definition) is 3. The minimum absolute atomic E-state index is 0.110. The SMILES string of the molecule is CC(=O)n1cc(C[C@@H](N)C(=O)O)c2ccccc21. The number of carboxylic acid groups (broad SMARTS) is 1. The zero-order chi connectivity index (χ0) is 13.3. The third-order valence-electron chi connectivity index (χ3n) is 2.89. The first-order valence-electron chi connectivity index (χ1n) is 5.59. The van der Waals surface area contributed by atoms with E-state index in [-0.39, 0.29) is 12.3 Å². The van der Waals surface area contributed by atoms with E-state index in [1.807, 2.05) is 24.3 Å². The van der Waals surface area contributed by atoms with E-state index in [4.69, 9.17) is 10.8 Å². The Kier molecular flexibility index (Phi) is 3.16. The highest BCUT2D eigenvalue weighted by Gasteiger charge is 2.17. The minimum atomic E-state index is -1.05. The van der Waals surface area contributed by atoms with Gasteiger partial charge in [0.25, 0.3) is 0 Å². The van der Waals surface area contributed by atoms with Crippen LogP contribution in [0.15, 0.2) is 30.5 Å². The van der Waals surface area contributed by atoms with Gasteiger partial charge in [-0.1, -0.05) is 18.2 Å². The van der Waals surface area contributed by atoms with Crippen molar-refractivity contribution < 1.29 is 14.7 Å². The van der Waals surface area contributed by atoms with E-state index in [0.717, 1.165) is 16.5 Å². The van der Waals surface area contributed by atoms with Crippen molar-refractivity contribution >= 4 is 22.8 Å². The Morgan fingerprint density at radius 1 is 1.39 bits per heavy atom. The van der Waals surface area contributed by atoms with E-state index >= 15 is 0 Å². The van der Waals surface area contributed by atoms with Crippen LogP contribution >= 0.6 is 0 Å². The number of nitrogens with zero attached hydrogens (tertiary/aromatic N) is 1. The van der Waals surface area contributed by atoms with Crippen molar-refractivity contribution in [3.05, 3.63) is 36.0 Å². The van der Waals surface area contributed by atoms with Crippen molar-refractivity contribution in [2.75, 3.05) is 0 Å². The molecule has 5 heteroatoms. The summed E-state index contributed by atoms with van der Waals surface area (Å²) in [5.74, 6) is -1.16. The van der Waals surface area contributed by atoms with Crippen LogP contribution < -0.4 is 5.73 Å². The Bertz CT molecular complexity index is 616. The lowest BCUT2D eigenvalue weighted by Gasteiger charge is -2.04. The number of para-hydroxylation sites is 1. The highest BCUT2D eigenvalue weighted by atomic mass is 16.4. The second-order valence-corrected chi connectivity index (χ2v) is 4.21. The molecule has 1 atom stereocenters. The van der Waals surface area contributed by atoms with Crippen LogP contribution in [0, 0.1) is 0 Å². The number of carboxylic acids is 1. The Morgan fingerprint density at radius 2 is 2.06 bits per heavy atom. The molecule has 1 heterocycles. The van der Waals surface area contributed by atoms with E-state index in [2.05, 4.69) is 0 Å². The van der Waals surface area contributed by atoms with Gasteiger partial charge in [-0.2, -0.15) is 0 Å². The van der Waals surface area contributed by atoms with Gasteiger partial charge in [0, 0.05) is 24.9 Å². The summed E-state index contributed by atoms with van der Waals surface area (Å²) in [6.07, 6.45) is 1.87. The van der Waals surface area contributed by atoms with Crippen molar-refractivity contribution in [3.63, 3.8) is 0 Å². The van der Waals surface area contributed by atoms with Crippen LogP contribution in [0.5, 0.6) is 0 Å². The van der Waals surface area contributed by atoms with Gasteiger partial charge in [-0.3, -0.25) is 14.2 Å². The van der Waals surface area contributed by atoms with Gasteiger partial charge in [-0.25, -0.2) is 0 Å². The number of benzene rings is 1. The summed E-state index contributed by atoms with van der Waals surface area (Å²) in [6, 6.07) is 6.41. The number of aromatic nitrogens is 1. The number of fused-ring (bicyclic) bond motifs is 1. The Hall–Kier alpha value is -2.14. The third kappa shape index (κ3) is 2.12. The standard InChI is InChI=1S/C13H14N2O3/c1-8(16)15-7-9(6-11(14)13(17)18)10-4-2-3-5-12(10)15/h2-5,7,11H,6,14H2,1H3,(H,17,18)/t11-/m1/s1. The summed E-state index contributed by atoms with van der Waals surface area (Å²) >= 11 is 0. The molecule has 1 aromatic heterocycles. The quantitative estimate of drug-likeness (QED) is 0.853. The van der Waals surface area contributed by atoms with Crippen molar-refractivity contribution in [2.24, 2.45) is 5.73 Å². The van der Waals surface area contributed by atoms with E-state index in [9.17, 15) is 9.59 Å². The van der Waals surface area contributed by atoms with Crippen molar-refractivity contribution in [1.82, 2.24) is 4.57 Å². The number of rotatable bonds is 3. The van der Waals surface area contributed by atoms with Crippen LogP contribution in [0.4, 0.5) is 0 Å². The molecule has 0 aliphatic carbocycles. The monoisotopic (exact) mass is 246 g/mol. The van der Waals surface area contributed by atoms with Gasteiger partial charge in [0.15, 0.2) is 0 Å². The average molecular weight is 246 g/mol. The summed E-state index contributed by atoms with van der Waals surface area (Å²) in [5, 5.41) is 9.70. The van der Waals surface area contributed by atoms with Crippen LogP contribution in [-0.4, -0.2) is 27.6 Å². The molecule has 0 spiro atoms. The first-order chi connectivity index (χ1) is 8.50. The topological polar surface area (TPSA) is 85.3 Å². The number of aliphatic carboxylic acids is 1. The van der Waals surface area contributed by atoms with E-state index in [1.54, 1.807) is 6.20 Å². The van der Waals surface area contributed by atoms with Crippen LogP contribution in [0.2, 0.25) is 0 Å². The van der Waals surface area contributed by atoms with Gasteiger partial charge in [0.05, 0.1) is 5.52 Å². The lowest BCUT2D eigenvalue weighted by atomic mass is 10.1. The maximum absolute atomic E-state index is 11.5. The molecule has 18 heavy (non-hydrogen) atoms. The Morgan fingerprint density at radius 3 is 2.67 bits per heavy atom. The van der Waals surface area contributed by atoms with Gasteiger partial charge < -0.3 is 10.8 Å². The maximum Gasteiger partial charge on any atom is 0.320 e. The normalized spacial score (nSPS) is 12.6. The molecule has 0 aliphatic heterocycles. The predicted molar refractivity (Wildman–Crippen MR) is 67.6 cm³/mol. The minimum Gasteiger partial charge on any atom is -0.480 e. The second kappa shape index (κ2) is 4.62. The fraction of sp³-hybridized carbons (Fsp3) is 0.231. The smallest absolute Gasteiger partial charge is 0.320 e. The Balaban J connectivity index is 2.51. The molecule has 0 radical (unpaired) electrons. The average Bonchev–Trinajstić information content (AvgIpc) is 2.68. The number of nitrogens with two attached hydrogens (primary N) is 1. The predicted octanol–water partition coefficient (Wildman–Crippen LogP) is 1.26. The molecule has 3 N–H and O–H groups in total. The second-order valence-electron chi connectivity index (χ2n) is 4.21.